The quantitative estimate of drug-likeness (QED) is 0.560. The van der Waals surface area contributed by atoms with E-state index < -0.39 is 46.9 Å². The van der Waals surface area contributed by atoms with E-state index in [1.165, 1.54) is 6.92 Å². The first-order valence-electron chi connectivity index (χ1n) is 7.85. The molecule has 0 heterocycles. The fraction of sp³-hybridized carbons (Fsp3) is 0.222. The van der Waals surface area contributed by atoms with Crippen molar-refractivity contribution in [1.29, 1.82) is 0 Å². The van der Waals surface area contributed by atoms with Crippen LogP contribution >= 0.6 is 0 Å². The highest BCUT2D eigenvalue weighted by atomic mass is 19.4. The Morgan fingerprint density at radius 3 is 1.75 bits per heavy atom. The smallest absolute Gasteiger partial charge is 0.325 e. The van der Waals surface area contributed by atoms with Crippen LogP contribution in [0.5, 0.6) is 0 Å². The van der Waals surface area contributed by atoms with Crippen LogP contribution in [0.15, 0.2) is 48.5 Å². The number of hydrogen-bond acceptors (Lipinski definition) is 2. The van der Waals surface area contributed by atoms with Gasteiger partial charge in [0.25, 0.3) is 0 Å². The molecule has 2 amide bonds. The Labute approximate surface area is 155 Å². The summed E-state index contributed by atoms with van der Waals surface area (Å²) in [6.07, 6.45) is -10.5. The Hall–Kier alpha value is -3.04. The number of carbonyl (C=O) groups is 2. The lowest BCUT2D eigenvalue weighted by molar-refractivity contribution is -0.162. The maximum absolute atomic E-state index is 12.9. The van der Waals surface area contributed by atoms with Gasteiger partial charge >= 0.3 is 12.4 Å². The Bertz CT molecular complexity index is 863. The summed E-state index contributed by atoms with van der Waals surface area (Å²) in [7, 11) is 0. The van der Waals surface area contributed by atoms with Gasteiger partial charge in [0, 0.05) is 11.4 Å². The number of anilines is 2. The summed E-state index contributed by atoms with van der Waals surface area (Å²) < 4.78 is 77.2. The number of benzene rings is 2. The van der Waals surface area contributed by atoms with Crippen molar-refractivity contribution in [2.45, 2.75) is 19.3 Å². The monoisotopic (exact) mass is 404 g/mol. The molecule has 4 nitrogen and oxygen atoms in total. The van der Waals surface area contributed by atoms with Gasteiger partial charge in [0.05, 0.1) is 11.1 Å². The Morgan fingerprint density at radius 2 is 1.25 bits per heavy atom. The third kappa shape index (κ3) is 5.24. The van der Waals surface area contributed by atoms with E-state index in [2.05, 4.69) is 5.32 Å². The molecule has 0 aliphatic carbocycles. The summed E-state index contributed by atoms with van der Waals surface area (Å²) in [5.74, 6) is -3.01. The molecule has 150 valence electrons. The highest BCUT2D eigenvalue weighted by Gasteiger charge is 2.43. The predicted molar refractivity (Wildman–Crippen MR) is 89.3 cm³/mol. The second-order valence-corrected chi connectivity index (χ2v) is 5.82. The predicted octanol–water partition coefficient (Wildman–Crippen LogP) is 4.94. The molecular formula is C18H14F6N2O2. The average molecular weight is 404 g/mol. The van der Waals surface area contributed by atoms with Gasteiger partial charge in [-0.1, -0.05) is 18.2 Å². The van der Waals surface area contributed by atoms with Crippen LogP contribution in [-0.2, 0) is 21.9 Å². The molecule has 0 bridgehead atoms. The molecule has 2 aromatic rings. The van der Waals surface area contributed by atoms with Gasteiger partial charge in [-0.15, -0.1) is 0 Å². The van der Waals surface area contributed by atoms with E-state index in [9.17, 15) is 35.9 Å². The highest BCUT2D eigenvalue weighted by molar-refractivity contribution is 6.10. The van der Waals surface area contributed by atoms with E-state index in [0.717, 1.165) is 0 Å². The molecule has 0 saturated heterocycles. The second-order valence-electron chi connectivity index (χ2n) is 5.82. The summed E-state index contributed by atoms with van der Waals surface area (Å²) in [6.45, 7) is 1.21. The zero-order valence-electron chi connectivity index (χ0n) is 14.3. The molecule has 2 aromatic carbocycles. The topological polar surface area (TPSA) is 58.2 Å². The fourth-order valence-corrected chi connectivity index (χ4v) is 2.25. The standard InChI is InChI=1S/C18H14F6N2O2/c1-10(15(27)25-11-5-3-2-4-6-11)16(28)26-12-7-8-13(17(19,20)21)14(9-12)18(22,23)24/h2-10H,1H3,(H,25,27)(H,26,28). The minimum atomic E-state index is -5.28. The van der Waals surface area contributed by atoms with Gasteiger partial charge in [0.15, 0.2) is 0 Å². The molecule has 0 spiro atoms. The van der Waals surface area contributed by atoms with Gasteiger partial charge in [-0.25, -0.2) is 0 Å². The van der Waals surface area contributed by atoms with E-state index in [1.54, 1.807) is 30.3 Å². The molecule has 0 saturated carbocycles. The molecule has 0 aromatic heterocycles. The molecule has 2 N–H and O–H groups in total. The van der Waals surface area contributed by atoms with Gasteiger partial charge in [0.1, 0.15) is 5.92 Å². The summed E-state index contributed by atoms with van der Waals surface area (Å²) in [6, 6.07) is 9.21. The maximum atomic E-state index is 12.9. The third-order valence-electron chi connectivity index (χ3n) is 3.73. The lowest BCUT2D eigenvalue weighted by Crippen LogP contribution is -2.31. The summed E-state index contributed by atoms with van der Waals surface area (Å²) >= 11 is 0. The van der Waals surface area contributed by atoms with Crippen molar-refractivity contribution in [2.75, 3.05) is 10.6 Å². The molecule has 28 heavy (non-hydrogen) atoms. The SMILES string of the molecule is CC(C(=O)Nc1ccccc1)C(=O)Nc1ccc(C(F)(F)F)c(C(F)(F)F)c1. The number of amides is 2. The minimum absolute atomic E-state index is 0.183. The van der Waals surface area contributed by atoms with Gasteiger partial charge in [-0.3, -0.25) is 9.59 Å². The largest absolute Gasteiger partial charge is 0.417 e. The van der Waals surface area contributed by atoms with Gasteiger partial charge in [-0.2, -0.15) is 26.3 Å². The molecule has 1 unspecified atom stereocenters. The van der Waals surface area contributed by atoms with Crippen molar-refractivity contribution in [3.8, 4) is 0 Å². The Kier molecular flexibility index (Phi) is 6.01. The number of halogens is 6. The van der Waals surface area contributed by atoms with Crippen LogP contribution in [0.4, 0.5) is 37.7 Å². The van der Waals surface area contributed by atoms with Gasteiger partial charge in [-0.05, 0) is 37.3 Å². The zero-order chi connectivity index (χ0) is 21.1. The van der Waals surface area contributed by atoms with E-state index in [1.807, 2.05) is 5.32 Å². The zero-order valence-corrected chi connectivity index (χ0v) is 14.3. The van der Waals surface area contributed by atoms with E-state index in [-0.39, 0.29) is 12.1 Å². The van der Waals surface area contributed by atoms with Crippen molar-refractivity contribution in [3.63, 3.8) is 0 Å². The van der Waals surface area contributed by atoms with E-state index in [0.29, 0.717) is 11.8 Å². The molecule has 0 aliphatic heterocycles. The van der Waals surface area contributed by atoms with Crippen LogP contribution in [-0.4, -0.2) is 11.8 Å². The lowest BCUT2D eigenvalue weighted by Gasteiger charge is -2.18. The summed E-state index contributed by atoms with van der Waals surface area (Å²) in [5.41, 5.74) is -3.90. The van der Waals surface area contributed by atoms with E-state index in [4.69, 9.17) is 0 Å². The molecule has 10 heteroatoms. The minimum Gasteiger partial charge on any atom is -0.325 e. The maximum Gasteiger partial charge on any atom is 0.417 e. The third-order valence-corrected chi connectivity index (χ3v) is 3.73. The molecular weight excluding hydrogens is 390 g/mol. The van der Waals surface area contributed by atoms with Gasteiger partial charge < -0.3 is 10.6 Å². The first-order valence-corrected chi connectivity index (χ1v) is 7.85. The number of alkyl halides is 6. The van der Waals surface area contributed by atoms with Crippen molar-refractivity contribution < 1.29 is 35.9 Å². The van der Waals surface area contributed by atoms with Gasteiger partial charge in [0.2, 0.25) is 11.8 Å². The van der Waals surface area contributed by atoms with Crippen molar-refractivity contribution in [2.24, 2.45) is 5.92 Å². The van der Waals surface area contributed by atoms with Crippen LogP contribution < -0.4 is 10.6 Å². The number of hydrogen-bond donors (Lipinski definition) is 2. The Morgan fingerprint density at radius 1 is 0.750 bits per heavy atom. The first-order chi connectivity index (χ1) is 12.9. The second kappa shape index (κ2) is 7.91. The number of carbonyl (C=O) groups excluding carboxylic acids is 2. The van der Waals surface area contributed by atoms with Crippen LogP contribution in [0.25, 0.3) is 0 Å². The van der Waals surface area contributed by atoms with Crippen molar-refractivity contribution in [1.82, 2.24) is 0 Å². The number of para-hydroxylation sites is 1. The molecule has 0 aliphatic rings. The first kappa shape index (κ1) is 21.3. The highest BCUT2D eigenvalue weighted by Crippen LogP contribution is 2.41. The molecule has 1 atom stereocenters. The fourth-order valence-electron chi connectivity index (χ4n) is 2.25. The van der Waals surface area contributed by atoms with Crippen LogP contribution in [0.1, 0.15) is 18.1 Å². The van der Waals surface area contributed by atoms with Crippen molar-refractivity contribution >= 4 is 23.2 Å². The molecule has 2 rings (SSSR count). The van der Waals surface area contributed by atoms with E-state index >= 15 is 0 Å². The summed E-state index contributed by atoms with van der Waals surface area (Å²) in [4.78, 5) is 24.2. The van der Waals surface area contributed by atoms with Crippen LogP contribution in [0.2, 0.25) is 0 Å². The van der Waals surface area contributed by atoms with Crippen molar-refractivity contribution in [3.05, 3.63) is 59.7 Å². The Balaban J connectivity index is 2.18. The summed E-state index contributed by atoms with van der Waals surface area (Å²) in [5, 5.41) is 4.48. The number of nitrogens with one attached hydrogen (secondary N) is 2. The molecule has 0 radical (unpaired) electrons. The number of rotatable bonds is 4. The van der Waals surface area contributed by atoms with Crippen LogP contribution in [0.3, 0.4) is 0 Å². The lowest BCUT2D eigenvalue weighted by atomic mass is 10.0. The molecule has 0 fully saturated rings. The normalized spacial score (nSPS) is 13.0. The average Bonchev–Trinajstić information content (AvgIpc) is 2.60. The van der Waals surface area contributed by atoms with Crippen LogP contribution in [0, 0.1) is 5.92 Å².